The van der Waals surface area contributed by atoms with Gasteiger partial charge in [-0.15, -0.1) is 0 Å². The Morgan fingerprint density at radius 2 is 2.11 bits per heavy atom. The molecule has 2 heterocycles. The molecule has 4 N–H and O–H groups in total. The van der Waals surface area contributed by atoms with E-state index in [9.17, 15) is 9.90 Å². The summed E-state index contributed by atoms with van der Waals surface area (Å²) in [6.45, 7) is 2.71. The van der Waals surface area contributed by atoms with E-state index < -0.39 is 5.60 Å². The van der Waals surface area contributed by atoms with Gasteiger partial charge in [0.1, 0.15) is 5.65 Å². The van der Waals surface area contributed by atoms with E-state index in [0.717, 1.165) is 42.4 Å². The van der Waals surface area contributed by atoms with Crippen LogP contribution in [0.1, 0.15) is 55.8 Å². The van der Waals surface area contributed by atoms with Crippen molar-refractivity contribution in [2.45, 2.75) is 57.1 Å². The second-order valence-corrected chi connectivity index (χ2v) is 8.91. The van der Waals surface area contributed by atoms with Crippen molar-refractivity contribution in [3.63, 3.8) is 0 Å². The molecule has 6 heteroatoms. The molecule has 2 aromatic rings. The molecule has 5 atom stereocenters. The fourth-order valence-electron chi connectivity index (χ4n) is 6.05. The Kier molecular flexibility index (Phi) is 3.93. The number of rotatable bonds is 5. The van der Waals surface area contributed by atoms with Crippen LogP contribution in [0.4, 0.5) is 5.69 Å². The van der Waals surface area contributed by atoms with E-state index in [1.807, 2.05) is 19.2 Å². The molecule has 144 valence electrons. The molecule has 4 aliphatic rings. The number of aliphatic hydroxyl groups is 1. The van der Waals surface area contributed by atoms with E-state index in [1.54, 1.807) is 6.20 Å². The number of carbonyl (C=O) groups excluding carboxylic acids is 1. The highest BCUT2D eigenvalue weighted by Crippen LogP contribution is 2.56. The maximum atomic E-state index is 12.7. The van der Waals surface area contributed by atoms with Gasteiger partial charge in [-0.3, -0.25) is 4.79 Å². The van der Waals surface area contributed by atoms with Crippen LogP contribution in [0.5, 0.6) is 0 Å². The summed E-state index contributed by atoms with van der Waals surface area (Å²) >= 11 is 0. The zero-order chi connectivity index (χ0) is 18.6. The molecule has 4 aliphatic carbocycles. The summed E-state index contributed by atoms with van der Waals surface area (Å²) in [4.78, 5) is 20.3. The molecule has 2 aromatic heterocycles. The molecule has 4 bridgehead atoms. The Bertz CT molecular complexity index is 860. The Balaban J connectivity index is 1.49. The first-order valence-corrected chi connectivity index (χ1v) is 10.3. The number of carbonyl (C=O) groups is 1. The number of nitrogens with zero attached hydrogens (tertiary/aromatic N) is 1. The van der Waals surface area contributed by atoms with Gasteiger partial charge >= 0.3 is 0 Å². The third-order valence-corrected chi connectivity index (χ3v) is 6.92. The molecule has 1 amide bonds. The third-order valence-electron chi connectivity index (χ3n) is 6.92. The van der Waals surface area contributed by atoms with E-state index in [-0.39, 0.29) is 5.91 Å². The number of amides is 1. The van der Waals surface area contributed by atoms with Crippen LogP contribution in [-0.2, 0) is 0 Å². The van der Waals surface area contributed by atoms with Crippen LogP contribution in [0.25, 0.3) is 11.0 Å². The van der Waals surface area contributed by atoms with Crippen molar-refractivity contribution in [2.24, 2.45) is 17.8 Å². The molecule has 0 saturated heterocycles. The number of anilines is 1. The lowest BCUT2D eigenvalue weighted by Crippen LogP contribution is -2.59. The molecule has 0 radical (unpaired) electrons. The van der Waals surface area contributed by atoms with Crippen molar-refractivity contribution in [3.05, 3.63) is 24.0 Å². The van der Waals surface area contributed by atoms with Crippen molar-refractivity contribution in [1.82, 2.24) is 15.3 Å². The molecule has 4 saturated carbocycles. The van der Waals surface area contributed by atoms with Crippen molar-refractivity contribution < 1.29 is 9.90 Å². The van der Waals surface area contributed by atoms with Gasteiger partial charge in [-0.1, -0.05) is 6.92 Å². The summed E-state index contributed by atoms with van der Waals surface area (Å²) in [5.74, 6) is 1.56. The normalized spacial score (nSPS) is 34.1. The second-order valence-electron chi connectivity index (χ2n) is 8.91. The van der Waals surface area contributed by atoms with Crippen LogP contribution in [0.15, 0.2) is 18.5 Å². The maximum Gasteiger partial charge on any atom is 0.254 e. The lowest BCUT2D eigenvalue weighted by molar-refractivity contribution is -0.129. The van der Waals surface area contributed by atoms with Crippen molar-refractivity contribution in [3.8, 4) is 0 Å². The van der Waals surface area contributed by atoms with Gasteiger partial charge in [0.25, 0.3) is 5.91 Å². The lowest BCUT2D eigenvalue weighted by Gasteiger charge is -2.58. The Labute approximate surface area is 159 Å². The molecule has 1 unspecified atom stereocenters. The highest BCUT2D eigenvalue weighted by atomic mass is 16.3. The van der Waals surface area contributed by atoms with Gasteiger partial charge in [0, 0.05) is 30.4 Å². The highest BCUT2D eigenvalue weighted by molar-refractivity contribution is 6.06. The lowest BCUT2D eigenvalue weighted by atomic mass is 9.52. The van der Waals surface area contributed by atoms with Gasteiger partial charge in [0.15, 0.2) is 0 Å². The van der Waals surface area contributed by atoms with Crippen molar-refractivity contribution >= 4 is 22.6 Å². The molecule has 6 nitrogen and oxygen atoms in total. The van der Waals surface area contributed by atoms with E-state index in [2.05, 4.69) is 20.6 Å². The van der Waals surface area contributed by atoms with E-state index in [0.29, 0.717) is 35.9 Å². The number of hydrogen-bond donors (Lipinski definition) is 4. The van der Waals surface area contributed by atoms with Crippen molar-refractivity contribution in [1.29, 1.82) is 0 Å². The van der Waals surface area contributed by atoms with E-state index in [1.165, 1.54) is 12.8 Å². The first kappa shape index (κ1) is 17.0. The molecule has 0 aromatic carbocycles. The largest absolute Gasteiger partial charge is 0.390 e. The first-order chi connectivity index (χ1) is 13.1. The predicted octanol–water partition coefficient (Wildman–Crippen LogP) is 3.05. The Hall–Kier alpha value is -2.08. The molecule has 27 heavy (non-hydrogen) atoms. The molecule has 0 aliphatic heterocycles. The minimum atomic E-state index is -0.447. The average Bonchev–Trinajstić information content (AvgIpc) is 3.10. The molecule has 0 spiro atoms. The number of fused-ring (bicyclic) bond motifs is 1. The Morgan fingerprint density at radius 3 is 2.81 bits per heavy atom. The molecular formula is C21H28N4O2. The first-order valence-electron chi connectivity index (χ1n) is 10.3. The van der Waals surface area contributed by atoms with Gasteiger partial charge in [-0.2, -0.15) is 0 Å². The van der Waals surface area contributed by atoms with Gasteiger partial charge in [-0.25, -0.2) is 4.98 Å². The number of aromatic amines is 1. The van der Waals surface area contributed by atoms with Crippen molar-refractivity contribution in [2.75, 3.05) is 11.9 Å². The summed E-state index contributed by atoms with van der Waals surface area (Å²) in [7, 11) is 0. The summed E-state index contributed by atoms with van der Waals surface area (Å²) in [6.07, 6.45) is 9.58. The molecule has 6 rings (SSSR count). The summed E-state index contributed by atoms with van der Waals surface area (Å²) in [6, 6.07) is 2.31. The monoisotopic (exact) mass is 368 g/mol. The standard InChI is InChI=1S/C21H28N4O2/c1-2-4-23-20(26)16-11-24-19-15(3-5-22-19)18(16)25-17-13-6-12-7-14(17)10-21(27,8-12)9-13/h3,5,11-14,17,27H,2,4,6-10H2,1H3,(H,23,26)(H2,22,24,25)/t12?,13-,14+,17+,21-. The number of pyridine rings is 1. The zero-order valence-electron chi connectivity index (χ0n) is 15.8. The Morgan fingerprint density at radius 1 is 1.33 bits per heavy atom. The number of aromatic nitrogens is 2. The maximum absolute atomic E-state index is 12.7. The number of hydrogen-bond acceptors (Lipinski definition) is 4. The van der Waals surface area contributed by atoms with Gasteiger partial charge in [0.05, 0.1) is 16.9 Å². The van der Waals surface area contributed by atoms with Crippen LogP contribution < -0.4 is 10.6 Å². The summed E-state index contributed by atoms with van der Waals surface area (Å²) in [5, 5.41) is 18.6. The fraction of sp³-hybridized carbons (Fsp3) is 0.619. The minimum absolute atomic E-state index is 0.0719. The van der Waals surface area contributed by atoms with Crippen LogP contribution in [-0.4, -0.2) is 39.2 Å². The van der Waals surface area contributed by atoms with Gasteiger partial charge in [-0.05, 0) is 62.3 Å². The molecule has 4 fully saturated rings. The second kappa shape index (κ2) is 6.23. The fourth-order valence-corrected chi connectivity index (χ4v) is 6.05. The summed E-state index contributed by atoms with van der Waals surface area (Å²) < 4.78 is 0. The number of nitrogens with one attached hydrogen (secondary N) is 3. The van der Waals surface area contributed by atoms with Crippen LogP contribution >= 0.6 is 0 Å². The quantitative estimate of drug-likeness (QED) is 0.653. The van der Waals surface area contributed by atoms with Gasteiger partial charge < -0.3 is 20.7 Å². The average molecular weight is 368 g/mol. The van der Waals surface area contributed by atoms with Crippen LogP contribution in [0.2, 0.25) is 0 Å². The topological polar surface area (TPSA) is 90.0 Å². The van der Waals surface area contributed by atoms with E-state index in [4.69, 9.17) is 0 Å². The third kappa shape index (κ3) is 2.81. The van der Waals surface area contributed by atoms with E-state index >= 15 is 0 Å². The smallest absolute Gasteiger partial charge is 0.254 e. The van der Waals surface area contributed by atoms with Crippen LogP contribution in [0, 0.1) is 17.8 Å². The SMILES string of the molecule is CCCNC(=O)c1cnc2[nH]ccc2c1N[C@H]1[C@@H]2CC3C[C@H]1C[C@@](O)(C3)C2. The predicted molar refractivity (Wildman–Crippen MR) is 105 cm³/mol. The van der Waals surface area contributed by atoms with Crippen LogP contribution in [0.3, 0.4) is 0 Å². The number of H-pyrrole nitrogens is 1. The summed E-state index contributed by atoms with van der Waals surface area (Å²) in [5.41, 5.74) is 1.85. The zero-order valence-corrected chi connectivity index (χ0v) is 15.8. The minimum Gasteiger partial charge on any atom is -0.390 e. The highest BCUT2D eigenvalue weighted by Gasteiger charge is 2.54. The molecular weight excluding hydrogens is 340 g/mol. The van der Waals surface area contributed by atoms with Gasteiger partial charge in [0.2, 0.25) is 0 Å².